The molecule has 1 aliphatic rings. The van der Waals surface area contributed by atoms with Gasteiger partial charge in [-0.25, -0.2) is 9.37 Å². The van der Waals surface area contributed by atoms with Crippen LogP contribution in [0.5, 0.6) is 0 Å². The van der Waals surface area contributed by atoms with Crippen LogP contribution in [-0.2, 0) is 11.8 Å². The first-order chi connectivity index (χ1) is 13.0. The van der Waals surface area contributed by atoms with Gasteiger partial charge in [0.25, 0.3) is 11.5 Å². The van der Waals surface area contributed by atoms with Crippen molar-refractivity contribution in [2.75, 3.05) is 13.2 Å². The van der Waals surface area contributed by atoms with Gasteiger partial charge in [0.1, 0.15) is 11.5 Å². The van der Waals surface area contributed by atoms with Gasteiger partial charge in [-0.2, -0.15) is 0 Å². The van der Waals surface area contributed by atoms with Crippen molar-refractivity contribution in [3.05, 3.63) is 58.5 Å². The molecule has 1 atom stereocenters. The number of carbonyl (C=O) groups excluding carboxylic acids is 1. The maximum absolute atomic E-state index is 13.2. The van der Waals surface area contributed by atoms with Gasteiger partial charge in [0, 0.05) is 26.0 Å². The van der Waals surface area contributed by atoms with E-state index in [2.05, 4.69) is 10.3 Å². The quantitative estimate of drug-likeness (QED) is 0.762. The number of hydrogen-bond donors (Lipinski definition) is 1. The van der Waals surface area contributed by atoms with Crippen molar-refractivity contribution in [1.82, 2.24) is 19.3 Å². The van der Waals surface area contributed by atoms with Crippen LogP contribution in [0.2, 0.25) is 0 Å². The third kappa shape index (κ3) is 3.35. The van der Waals surface area contributed by atoms with Crippen LogP contribution < -0.4 is 10.9 Å². The molecular weight excluding hydrogens is 351 g/mol. The van der Waals surface area contributed by atoms with Crippen LogP contribution in [-0.4, -0.2) is 39.1 Å². The van der Waals surface area contributed by atoms with E-state index in [9.17, 15) is 14.0 Å². The first kappa shape index (κ1) is 17.4. The molecule has 0 unspecified atom stereocenters. The molecule has 3 heterocycles. The van der Waals surface area contributed by atoms with Crippen molar-refractivity contribution in [1.29, 1.82) is 0 Å². The fourth-order valence-electron chi connectivity index (χ4n) is 3.24. The van der Waals surface area contributed by atoms with Crippen LogP contribution in [0.3, 0.4) is 0 Å². The number of imidazole rings is 1. The molecule has 140 valence electrons. The summed E-state index contributed by atoms with van der Waals surface area (Å²) >= 11 is 0. The van der Waals surface area contributed by atoms with Gasteiger partial charge in [-0.3, -0.25) is 14.0 Å². The number of benzene rings is 1. The van der Waals surface area contributed by atoms with Crippen molar-refractivity contribution in [2.24, 2.45) is 7.05 Å². The standard InChI is InChI=1S/C19H19FN4O3/c1-23-16(12-4-6-13(20)7-5-12)10-24-9-15(22-17(24)19(23)26)18(25)21-14-3-2-8-27-11-14/h4-7,9-10,14H,2-3,8,11H2,1H3,(H,21,25)/t14-/m0/s1. The summed E-state index contributed by atoms with van der Waals surface area (Å²) in [5.74, 6) is -0.683. The molecule has 1 N–H and O–H groups in total. The van der Waals surface area contributed by atoms with Gasteiger partial charge in [0.15, 0.2) is 0 Å². The highest BCUT2D eigenvalue weighted by atomic mass is 19.1. The second-order valence-electron chi connectivity index (χ2n) is 6.63. The average molecular weight is 370 g/mol. The maximum atomic E-state index is 13.2. The number of halogens is 1. The molecule has 0 bridgehead atoms. The Bertz CT molecular complexity index is 1050. The molecule has 0 saturated carbocycles. The molecule has 1 saturated heterocycles. The third-order valence-corrected chi connectivity index (χ3v) is 4.72. The highest BCUT2D eigenvalue weighted by Gasteiger charge is 2.20. The van der Waals surface area contributed by atoms with Gasteiger partial charge < -0.3 is 14.6 Å². The van der Waals surface area contributed by atoms with Crippen molar-refractivity contribution < 1.29 is 13.9 Å². The Labute approximate surface area is 154 Å². The van der Waals surface area contributed by atoms with Gasteiger partial charge in [0.2, 0.25) is 5.65 Å². The minimum absolute atomic E-state index is 0.0475. The van der Waals surface area contributed by atoms with Crippen LogP contribution in [0.25, 0.3) is 16.9 Å². The number of ether oxygens (including phenoxy) is 1. The zero-order valence-corrected chi connectivity index (χ0v) is 14.8. The van der Waals surface area contributed by atoms with E-state index in [0.29, 0.717) is 24.5 Å². The van der Waals surface area contributed by atoms with Crippen molar-refractivity contribution >= 4 is 11.6 Å². The molecule has 1 amide bonds. The summed E-state index contributed by atoms with van der Waals surface area (Å²) in [6.45, 7) is 1.19. The van der Waals surface area contributed by atoms with Gasteiger partial charge in [-0.1, -0.05) is 0 Å². The normalized spacial score (nSPS) is 17.2. The topological polar surface area (TPSA) is 77.6 Å². The lowest BCUT2D eigenvalue weighted by Gasteiger charge is -2.22. The van der Waals surface area contributed by atoms with Gasteiger partial charge in [0.05, 0.1) is 18.3 Å². The first-order valence-corrected chi connectivity index (χ1v) is 8.76. The summed E-state index contributed by atoms with van der Waals surface area (Å²) in [5, 5.41) is 2.89. The van der Waals surface area contributed by atoms with Crippen LogP contribution in [0, 0.1) is 5.82 Å². The molecule has 0 spiro atoms. The van der Waals surface area contributed by atoms with E-state index in [1.54, 1.807) is 25.4 Å². The maximum Gasteiger partial charge on any atom is 0.294 e. The summed E-state index contributed by atoms with van der Waals surface area (Å²) < 4.78 is 21.5. The van der Waals surface area contributed by atoms with E-state index in [1.165, 1.54) is 27.3 Å². The molecule has 0 radical (unpaired) electrons. The number of aromatic nitrogens is 3. The third-order valence-electron chi connectivity index (χ3n) is 4.72. The second-order valence-corrected chi connectivity index (χ2v) is 6.63. The number of fused-ring (bicyclic) bond motifs is 1. The van der Waals surface area contributed by atoms with E-state index in [4.69, 9.17) is 4.74 Å². The van der Waals surface area contributed by atoms with Crippen molar-refractivity contribution in [3.8, 4) is 11.3 Å². The number of nitrogens with zero attached hydrogens (tertiary/aromatic N) is 3. The molecule has 4 rings (SSSR count). The summed E-state index contributed by atoms with van der Waals surface area (Å²) in [6, 6.07) is 5.83. The van der Waals surface area contributed by atoms with E-state index >= 15 is 0 Å². The Morgan fingerprint density at radius 2 is 2.07 bits per heavy atom. The zero-order chi connectivity index (χ0) is 19.0. The number of rotatable bonds is 3. The summed E-state index contributed by atoms with van der Waals surface area (Å²) in [4.78, 5) is 29.4. The summed E-state index contributed by atoms with van der Waals surface area (Å²) in [7, 11) is 1.62. The summed E-state index contributed by atoms with van der Waals surface area (Å²) in [6.07, 6.45) is 4.99. The number of amides is 1. The Balaban J connectivity index is 1.69. The van der Waals surface area contributed by atoms with E-state index < -0.39 is 0 Å². The Hall–Kier alpha value is -3.00. The van der Waals surface area contributed by atoms with Gasteiger partial charge >= 0.3 is 0 Å². The van der Waals surface area contributed by atoms with E-state index in [-0.39, 0.29) is 34.7 Å². The number of nitrogens with one attached hydrogen (secondary N) is 1. The zero-order valence-electron chi connectivity index (χ0n) is 14.8. The van der Waals surface area contributed by atoms with Crippen LogP contribution in [0.4, 0.5) is 4.39 Å². The Kier molecular flexibility index (Phi) is 4.49. The average Bonchev–Trinajstić information content (AvgIpc) is 3.11. The largest absolute Gasteiger partial charge is 0.379 e. The van der Waals surface area contributed by atoms with Crippen LogP contribution in [0.15, 0.2) is 41.5 Å². The molecule has 27 heavy (non-hydrogen) atoms. The summed E-state index contributed by atoms with van der Waals surface area (Å²) in [5.41, 5.74) is 1.29. The number of hydrogen-bond acceptors (Lipinski definition) is 4. The molecule has 7 nitrogen and oxygen atoms in total. The van der Waals surface area contributed by atoms with E-state index in [1.807, 2.05) is 0 Å². The first-order valence-electron chi connectivity index (χ1n) is 8.76. The Morgan fingerprint density at radius 3 is 2.78 bits per heavy atom. The van der Waals surface area contributed by atoms with Crippen LogP contribution in [0.1, 0.15) is 23.3 Å². The second kappa shape index (κ2) is 6.96. The minimum Gasteiger partial charge on any atom is -0.379 e. The van der Waals surface area contributed by atoms with Crippen LogP contribution >= 0.6 is 0 Å². The van der Waals surface area contributed by atoms with E-state index in [0.717, 1.165) is 12.8 Å². The molecule has 2 aromatic heterocycles. The highest BCUT2D eigenvalue weighted by Crippen LogP contribution is 2.18. The fraction of sp³-hybridized carbons (Fsp3) is 0.316. The predicted octanol–water partition coefficient (Wildman–Crippen LogP) is 1.75. The van der Waals surface area contributed by atoms with Gasteiger partial charge in [-0.05, 0) is 42.7 Å². The van der Waals surface area contributed by atoms with Crippen molar-refractivity contribution in [2.45, 2.75) is 18.9 Å². The SMILES string of the molecule is Cn1c(-c2ccc(F)cc2)cn2cc(C(=O)N[C@H]3CCCOC3)nc2c1=O. The smallest absolute Gasteiger partial charge is 0.294 e. The molecule has 3 aromatic rings. The van der Waals surface area contributed by atoms with Gasteiger partial charge in [-0.15, -0.1) is 0 Å². The minimum atomic E-state index is -0.349. The lowest BCUT2D eigenvalue weighted by atomic mass is 10.1. The lowest BCUT2D eigenvalue weighted by molar-refractivity contribution is 0.0622. The molecule has 1 aromatic carbocycles. The molecule has 0 aliphatic carbocycles. The molecule has 1 aliphatic heterocycles. The molecule has 1 fully saturated rings. The Morgan fingerprint density at radius 1 is 1.30 bits per heavy atom. The number of carbonyl (C=O) groups is 1. The molecule has 8 heteroatoms. The lowest BCUT2D eigenvalue weighted by Crippen LogP contribution is -2.40. The molecular formula is C19H19FN4O3. The highest BCUT2D eigenvalue weighted by molar-refractivity contribution is 5.93. The predicted molar refractivity (Wildman–Crippen MR) is 97.1 cm³/mol. The monoisotopic (exact) mass is 370 g/mol. The fourth-order valence-corrected chi connectivity index (χ4v) is 3.24. The van der Waals surface area contributed by atoms with Crippen molar-refractivity contribution in [3.63, 3.8) is 0 Å².